The van der Waals surface area contributed by atoms with E-state index in [0.29, 0.717) is 0 Å². The van der Waals surface area contributed by atoms with E-state index in [1.54, 1.807) is 44.3 Å². The van der Waals surface area contributed by atoms with Crippen LogP contribution in [0.25, 0.3) is 0 Å². The summed E-state index contributed by atoms with van der Waals surface area (Å²) >= 11 is 0. The molecule has 1 aromatic carbocycles. The van der Waals surface area contributed by atoms with Gasteiger partial charge in [-0.25, -0.2) is 8.42 Å². The smallest absolute Gasteiger partial charge is 0.242 e. The zero-order valence-corrected chi connectivity index (χ0v) is 11.7. The van der Waals surface area contributed by atoms with Gasteiger partial charge >= 0.3 is 0 Å². The quantitative estimate of drug-likeness (QED) is 0.780. The Morgan fingerprint density at radius 3 is 2.39 bits per heavy atom. The van der Waals surface area contributed by atoms with Gasteiger partial charge in [0.05, 0.1) is 11.0 Å². The Hall–Kier alpha value is -0.950. The Labute approximate surface area is 108 Å². The molecule has 0 aromatic heterocycles. The third kappa shape index (κ3) is 3.52. The Morgan fingerprint density at radius 2 is 1.89 bits per heavy atom. The average molecular weight is 272 g/mol. The van der Waals surface area contributed by atoms with Crippen LogP contribution in [0.15, 0.2) is 35.2 Å². The zero-order chi connectivity index (χ0) is 13.8. The minimum Gasteiger partial charge on any atom is -0.390 e. The van der Waals surface area contributed by atoms with Crippen LogP contribution in [0.4, 0.5) is 0 Å². The van der Waals surface area contributed by atoms with Crippen molar-refractivity contribution in [2.45, 2.75) is 24.0 Å². The first-order valence-corrected chi connectivity index (χ1v) is 7.20. The average Bonchev–Trinajstić information content (AvgIpc) is 2.38. The van der Waals surface area contributed by atoms with Crippen LogP contribution in [-0.4, -0.2) is 50.6 Å². The number of likely N-dealkylation sites (N-methyl/N-ethyl adjacent to an activating group) is 2. The maximum absolute atomic E-state index is 12.2. The summed E-state index contributed by atoms with van der Waals surface area (Å²) in [6.07, 6.45) is -0.751. The van der Waals surface area contributed by atoms with Gasteiger partial charge in [0.25, 0.3) is 0 Å². The first kappa shape index (κ1) is 15.1. The molecule has 2 atom stereocenters. The van der Waals surface area contributed by atoms with Gasteiger partial charge in [-0.15, -0.1) is 0 Å². The summed E-state index contributed by atoms with van der Waals surface area (Å²) in [4.78, 5) is 0.233. The summed E-state index contributed by atoms with van der Waals surface area (Å²) in [6.45, 7) is 1.85. The Bertz CT molecular complexity index is 461. The Morgan fingerprint density at radius 1 is 1.33 bits per heavy atom. The molecule has 5 nitrogen and oxygen atoms in total. The molecule has 6 heteroatoms. The van der Waals surface area contributed by atoms with Crippen molar-refractivity contribution in [2.75, 3.05) is 20.6 Å². The predicted molar refractivity (Wildman–Crippen MR) is 70.8 cm³/mol. The van der Waals surface area contributed by atoms with Crippen molar-refractivity contribution in [3.8, 4) is 0 Å². The summed E-state index contributed by atoms with van der Waals surface area (Å²) in [5.74, 6) is 0. The lowest BCUT2D eigenvalue weighted by molar-refractivity contribution is 0.120. The summed E-state index contributed by atoms with van der Waals surface area (Å²) in [5, 5.41) is 12.7. The normalized spacial score (nSPS) is 15.6. The number of rotatable bonds is 6. The molecule has 0 saturated heterocycles. The standard InChI is InChI=1S/C12H20N2O3S/c1-10(13-2)12(15)9-14(3)18(16,17)11-7-5-4-6-8-11/h4-8,10,12-13,15H,9H2,1-3H3. The minimum atomic E-state index is -3.53. The Kier molecular flexibility index (Phi) is 5.28. The molecule has 0 heterocycles. The highest BCUT2D eigenvalue weighted by atomic mass is 32.2. The number of hydrogen-bond donors (Lipinski definition) is 2. The number of sulfonamides is 1. The van der Waals surface area contributed by atoms with Gasteiger partial charge in [-0.3, -0.25) is 0 Å². The van der Waals surface area contributed by atoms with E-state index in [4.69, 9.17) is 0 Å². The number of aliphatic hydroxyl groups is 1. The molecule has 0 radical (unpaired) electrons. The maximum Gasteiger partial charge on any atom is 0.242 e. The summed E-state index contributed by atoms with van der Waals surface area (Å²) in [6, 6.07) is 8.02. The summed E-state index contributed by atoms with van der Waals surface area (Å²) < 4.78 is 25.5. The van der Waals surface area contributed by atoms with E-state index in [0.717, 1.165) is 0 Å². The summed E-state index contributed by atoms with van der Waals surface area (Å²) in [7, 11) is -0.342. The van der Waals surface area contributed by atoms with E-state index in [2.05, 4.69) is 5.32 Å². The molecule has 0 saturated carbocycles. The van der Waals surface area contributed by atoms with Crippen LogP contribution in [0.5, 0.6) is 0 Å². The number of aliphatic hydroxyl groups excluding tert-OH is 1. The highest BCUT2D eigenvalue weighted by Crippen LogP contribution is 2.14. The SMILES string of the molecule is CNC(C)C(O)CN(C)S(=O)(=O)c1ccccc1. The fourth-order valence-electron chi connectivity index (χ4n) is 1.48. The van der Waals surface area contributed by atoms with Gasteiger partial charge in [-0.2, -0.15) is 4.31 Å². The number of nitrogens with zero attached hydrogens (tertiary/aromatic N) is 1. The van der Waals surface area contributed by atoms with Gasteiger partial charge < -0.3 is 10.4 Å². The molecular weight excluding hydrogens is 252 g/mol. The van der Waals surface area contributed by atoms with E-state index >= 15 is 0 Å². The van der Waals surface area contributed by atoms with Crippen LogP contribution in [0, 0.1) is 0 Å². The van der Waals surface area contributed by atoms with Crippen molar-refractivity contribution in [1.82, 2.24) is 9.62 Å². The predicted octanol–water partition coefficient (Wildman–Crippen LogP) is 0.276. The van der Waals surface area contributed by atoms with Gasteiger partial charge in [0, 0.05) is 19.6 Å². The van der Waals surface area contributed by atoms with Crippen LogP contribution >= 0.6 is 0 Å². The van der Waals surface area contributed by atoms with Crippen molar-refractivity contribution in [3.63, 3.8) is 0 Å². The molecule has 1 aromatic rings. The minimum absolute atomic E-state index is 0.0548. The third-order valence-electron chi connectivity index (χ3n) is 2.93. The van der Waals surface area contributed by atoms with Gasteiger partial charge in [-0.05, 0) is 26.1 Å². The van der Waals surface area contributed by atoms with Crippen LogP contribution in [-0.2, 0) is 10.0 Å². The van der Waals surface area contributed by atoms with Gasteiger partial charge in [0.1, 0.15) is 0 Å². The molecule has 0 aliphatic rings. The van der Waals surface area contributed by atoms with Crippen molar-refractivity contribution < 1.29 is 13.5 Å². The summed E-state index contributed by atoms with van der Waals surface area (Å²) in [5.41, 5.74) is 0. The van der Waals surface area contributed by atoms with Crippen molar-refractivity contribution in [2.24, 2.45) is 0 Å². The van der Waals surface area contributed by atoms with Gasteiger partial charge in [0.2, 0.25) is 10.0 Å². The van der Waals surface area contributed by atoms with Crippen LogP contribution < -0.4 is 5.32 Å². The lowest BCUT2D eigenvalue weighted by Crippen LogP contribution is -2.43. The molecule has 0 aliphatic carbocycles. The fourth-order valence-corrected chi connectivity index (χ4v) is 2.69. The molecule has 0 amide bonds. The first-order valence-electron chi connectivity index (χ1n) is 5.76. The lowest BCUT2D eigenvalue weighted by Gasteiger charge is -2.24. The van der Waals surface area contributed by atoms with E-state index in [1.807, 2.05) is 0 Å². The molecule has 0 aliphatic heterocycles. The monoisotopic (exact) mass is 272 g/mol. The molecule has 0 fully saturated rings. The second-order valence-electron chi connectivity index (χ2n) is 4.24. The van der Waals surface area contributed by atoms with Crippen LogP contribution in [0.1, 0.15) is 6.92 Å². The largest absolute Gasteiger partial charge is 0.390 e. The fraction of sp³-hybridized carbons (Fsp3) is 0.500. The van der Waals surface area contributed by atoms with Gasteiger partial charge in [-0.1, -0.05) is 18.2 Å². The molecule has 1 rings (SSSR count). The number of benzene rings is 1. The first-order chi connectivity index (χ1) is 8.39. The topological polar surface area (TPSA) is 69.6 Å². The van der Waals surface area contributed by atoms with E-state index < -0.39 is 16.1 Å². The van der Waals surface area contributed by atoms with Gasteiger partial charge in [0.15, 0.2) is 0 Å². The van der Waals surface area contributed by atoms with Crippen molar-refractivity contribution >= 4 is 10.0 Å². The lowest BCUT2D eigenvalue weighted by atomic mass is 10.2. The maximum atomic E-state index is 12.2. The molecule has 102 valence electrons. The second kappa shape index (κ2) is 6.29. The molecule has 0 spiro atoms. The number of hydrogen-bond acceptors (Lipinski definition) is 4. The van der Waals surface area contributed by atoms with Crippen LogP contribution in [0.2, 0.25) is 0 Å². The second-order valence-corrected chi connectivity index (χ2v) is 6.29. The molecule has 2 N–H and O–H groups in total. The third-order valence-corrected chi connectivity index (χ3v) is 4.77. The van der Waals surface area contributed by atoms with E-state index in [1.165, 1.54) is 11.4 Å². The Balaban J connectivity index is 2.81. The van der Waals surface area contributed by atoms with Crippen molar-refractivity contribution in [1.29, 1.82) is 0 Å². The molecule has 0 bridgehead atoms. The van der Waals surface area contributed by atoms with E-state index in [9.17, 15) is 13.5 Å². The van der Waals surface area contributed by atoms with E-state index in [-0.39, 0.29) is 17.5 Å². The highest BCUT2D eigenvalue weighted by molar-refractivity contribution is 7.89. The van der Waals surface area contributed by atoms with Crippen molar-refractivity contribution in [3.05, 3.63) is 30.3 Å². The van der Waals surface area contributed by atoms with Crippen LogP contribution in [0.3, 0.4) is 0 Å². The molecule has 18 heavy (non-hydrogen) atoms. The zero-order valence-electron chi connectivity index (χ0n) is 10.9. The molecular formula is C12H20N2O3S. The molecule has 2 unspecified atom stereocenters. The number of nitrogens with one attached hydrogen (secondary N) is 1. The highest BCUT2D eigenvalue weighted by Gasteiger charge is 2.24.